The molecule has 0 spiro atoms. The molecule has 0 aliphatic carbocycles. The van der Waals surface area contributed by atoms with Gasteiger partial charge in [0.1, 0.15) is 11.5 Å². The predicted molar refractivity (Wildman–Crippen MR) is 81.8 cm³/mol. The lowest BCUT2D eigenvalue weighted by Gasteiger charge is -2.33. The van der Waals surface area contributed by atoms with Gasteiger partial charge in [0.25, 0.3) is 5.91 Å². The lowest BCUT2D eigenvalue weighted by molar-refractivity contribution is -0.135. The lowest BCUT2D eigenvalue weighted by Crippen LogP contribution is -2.49. The number of nitrogens with zero attached hydrogens (tertiary/aromatic N) is 2. The largest absolute Gasteiger partial charge is 0.494 e. The number of hydrogen-bond donors (Lipinski definition) is 0. The van der Waals surface area contributed by atoms with Gasteiger partial charge >= 0.3 is 0 Å². The minimum Gasteiger partial charge on any atom is -0.494 e. The molecule has 0 radical (unpaired) electrons. The summed E-state index contributed by atoms with van der Waals surface area (Å²) in [6.45, 7) is 9.36. The van der Waals surface area contributed by atoms with Crippen LogP contribution in [0.3, 0.4) is 0 Å². The Morgan fingerprint density at radius 1 is 1.00 bits per heavy atom. The summed E-state index contributed by atoms with van der Waals surface area (Å²) in [5, 5.41) is 0. The Bertz CT molecular complexity index is 439. The van der Waals surface area contributed by atoms with Crippen molar-refractivity contribution in [3.05, 3.63) is 24.3 Å². The number of rotatable bonds is 6. The molecule has 5 nitrogen and oxygen atoms in total. The highest BCUT2D eigenvalue weighted by atomic mass is 16.5. The van der Waals surface area contributed by atoms with E-state index in [2.05, 4.69) is 11.8 Å². The smallest absolute Gasteiger partial charge is 0.260 e. The van der Waals surface area contributed by atoms with Crippen LogP contribution in [0.25, 0.3) is 0 Å². The summed E-state index contributed by atoms with van der Waals surface area (Å²) >= 11 is 0. The van der Waals surface area contributed by atoms with E-state index in [9.17, 15) is 4.79 Å². The van der Waals surface area contributed by atoms with Gasteiger partial charge in [0.2, 0.25) is 0 Å². The fraction of sp³-hybridized carbons (Fsp3) is 0.562. The maximum absolute atomic E-state index is 12.1. The lowest BCUT2D eigenvalue weighted by atomic mass is 10.3. The second-order valence-electron chi connectivity index (χ2n) is 5.01. The molecule has 5 heteroatoms. The molecule has 116 valence electrons. The quantitative estimate of drug-likeness (QED) is 0.799. The van der Waals surface area contributed by atoms with Gasteiger partial charge in [-0.1, -0.05) is 6.92 Å². The minimum atomic E-state index is 0.0552. The number of hydrogen-bond acceptors (Lipinski definition) is 4. The van der Waals surface area contributed by atoms with Gasteiger partial charge in [-0.15, -0.1) is 0 Å². The van der Waals surface area contributed by atoms with Crippen LogP contribution < -0.4 is 9.47 Å². The molecule has 1 aliphatic rings. The van der Waals surface area contributed by atoms with E-state index in [1.165, 1.54) is 0 Å². The normalized spacial score (nSPS) is 15.8. The zero-order valence-corrected chi connectivity index (χ0v) is 12.9. The molecule has 0 saturated carbocycles. The second-order valence-corrected chi connectivity index (χ2v) is 5.01. The van der Waals surface area contributed by atoms with Crippen molar-refractivity contribution in [2.24, 2.45) is 0 Å². The van der Waals surface area contributed by atoms with Crippen molar-refractivity contribution in [1.29, 1.82) is 0 Å². The molecule has 0 bridgehead atoms. The predicted octanol–water partition coefficient (Wildman–Crippen LogP) is 1.63. The average Bonchev–Trinajstić information content (AvgIpc) is 2.54. The SMILES string of the molecule is CCOc1ccc(OCC(=O)N2CCN(CC)CC2)cc1. The van der Waals surface area contributed by atoms with E-state index in [0.717, 1.165) is 38.5 Å². The molecule has 1 aromatic rings. The van der Waals surface area contributed by atoms with Gasteiger partial charge in [0.05, 0.1) is 6.61 Å². The van der Waals surface area contributed by atoms with E-state index >= 15 is 0 Å². The van der Waals surface area contributed by atoms with E-state index in [4.69, 9.17) is 9.47 Å². The van der Waals surface area contributed by atoms with Crippen LogP contribution in [0.15, 0.2) is 24.3 Å². The summed E-state index contributed by atoms with van der Waals surface area (Å²) in [5.74, 6) is 1.56. The molecule has 0 aromatic heterocycles. The third-order valence-corrected chi connectivity index (χ3v) is 3.67. The van der Waals surface area contributed by atoms with Crippen LogP contribution >= 0.6 is 0 Å². The number of amides is 1. The Kier molecular flexibility index (Phi) is 5.87. The molecule has 1 aromatic carbocycles. The highest BCUT2D eigenvalue weighted by Gasteiger charge is 2.20. The summed E-state index contributed by atoms with van der Waals surface area (Å²) in [6.07, 6.45) is 0. The molecule has 1 aliphatic heterocycles. The molecular formula is C16H24N2O3. The van der Waals surface area contributed by atoms with Gasteiger partial charge < -0.3 is 19.3 Å². The Hall–Kier alpha value is -1.75. The second kappa shape index (κ2) is 7.88. The standard InChI is InChI=1S/C16H24N2O3/c1-3-17-9-11-18(12-10-17)16(19)13-21-15-7-5-14(6-8-15)20-4-2/h5-8H,3-4,9-13H2,1-2H3. The first kappa shape index (κ1) is 15.6. The molecule has 0 atom stereocenters. The zero-order chi connectivity index (χ0) is 15.1. The van der Waals surface area contributed by atoms with Gasteiger partial charge in [-0.25, -0.2) is 0 Å². The molecule has 1 fully saturated rings. The minimum absolute atomic E-state index is 0.0552. The maximum Gasteiger partial charge on any atom is 0.260 e. The van der Waals surface area contributed by atoms with Crippen molar-refractivity contribution in [2.75, 3.05) is 45.9 Å². The van der Waals surface area contributed by atoms with Crippen LogP contribution in [0.2, 0.25) is 0 Å². The van der Waals surface area contributed by atoms with E-state index in [1.54, 1.807) is 0 Å². The van der Waals surface area contributed by atoms with Gasteiger partial charge in [-0.05, 0) is 37.7 Å². The Morgan fingerprint density at radius 2 is 1.57 bits per heavy atom. The molecule has 1 saturated heterocycles. The number of ether oxygens (including phenoxy) is 2. The molecule has 0 N–H and O–H groups in total. The molecule has 1 heterocycles. The molecule has 1 amide bonds. The highest BCUT2D eigenvalue weighted by Crippen LogP contribution is 2.17. The van der Waals surface area contributed by atoms with Crippen molar-refractivity contribution in [2.45, 2.75) is 13.8 Å². The number of benzene rings is 1. The first-order valence-corrected chi connectivity index (χ1v) is 7.58. The first-order chi connectivity index (χ1) is 10.2. The van der Waals surface area contributed by atoms with Gasteiger partial charge in [-0.3, -0.25) is 4.79 Å². The molecular weight excluding hydrogens is 268 g/mol. The Balaban J connectivity index is 1.76. The highest BCUT2D eigenvalue weighted by molar-refractivity contribution is 5.77. The third kappa shape index (κ3) is 4.63. The van der Waals surface area contributed by atoms with E-state index < -0.39 is 0 Å². The number of carbonyl (C=O) groups is 1. The average molecular weight is 292 g/mol. The molecule has 21 heavy (non-hydrogen) atoms. The number of likely N-dealkylation sites (N-methyl/N-ethyl adjacent to an activating group) is 1. The molecule has 0 unspecified atom stereocenters. The molecule has 2 rings (SSSR count). The fourth-order valence-electron chi connectivity index (χ4n) is 2.35. The summed E-state index contributed by atoms with van der Waals surface area (Å²) < 4.78 is 10.9. The zero-order valence-electron chi connectivity index (χ0n) is 12.9. The van der Waals surface area contributed by atoms with Crippen molar-refractivity contribution in [3.63, 3.8) is 0 Å². The van der Waals surface area contributed by atoms with E-state index in [0.29, 0.717) is 12.4 Å². The van der Waals surface area contributed by atoms with Crippen molar-refractivity contribution < 1.29 is 14.3 Å². The summed E-state index contributed by atoms with van der Waals surface area (Å²) in [6, 6.07) is 7.35. The van der Waals surface area contributed by atoms with Gasteiger partial charge in [-0.2, -0.15) is 0 Å². The third-order valence-electron chi connectivity index (χ3n) is 3.67. The first-order valence-electron chi connectivity index (χ1n) is 7.58. The van der Waals surface area contributed by atoms with Crippen LogP contribution in [-0.2, 0) is 4.79 Å². The fourth-order valence-corrected chi connectivity index (χ4v) is 2.35. The van der Waals surface area contributed by atoms with Gasteiger partial charge in [0.15, 0.2) is 6.61 Å². The Morgan fingerprint density at radius 3 is 2.10 bits per heavy atom. The van der Waals surface area contributed by atoms with Crippen molar-refractivity contribution in [3.8, 4) is 11.5 Å². The Labute approximate surface area is 126 Å². The van der Waals surface area contributed by atoms with Crippen LogP contribution in [0.4, 0.5) is 0 Å². The maximum atomic E-state index is 12.1. The van der Waals surface area contributed by atoms with Crippen LogP contribution in [0.1, 0.15) is 13.8 Å². The summed E-state index contributed by atoms with van der Waals surface area (Å²) in [5.41, 5.74) is 0. The van der Waals surface area contributed by atoms with Crippen LogP contribution in [0, 0.1) is 0 Å². The van der Waals surface area contributed by atoms with Gasteiger partial charge in [0, 0.05) is 26.2 Å². The number of carbonyl (C=O) groups excluding carboxylic acids is 1. The van der Waals surface area contributed by atoms with E-state index in [1.807, 2.05) is 36.1 Å². The van der Waals surface area contributed by atoms with Crippen LogP contribution in [0.5, 0.6) is 11.5 Å². The summed E-state index contributed by atoms with van der Waals surface area (Å²) in [7, 11) is 0. The summed E-state index contributed by atoms with van der Waals surface area (Å²) in [4.78, 5) is 16.3. The van der Waals surface area contributed by atoms with Crippen molar-refractivity contribution >= 4 is 5.91 Å². The van der Waals surface area contributed by atoms with Crippen molar-refractivity contribution in [1.82, 2.24) is 9.80 Å². The monoisotopic (exact) mass is 292 g/mol. The van der Waals surface area contributed by atoms with Crippen LogP contribution in [-0.4, -0.2) is 61.6 Å². The van der Waals surface area contributed by atoms with E-state index in [-0.39, 0.29) is 12.5 Å². The topological polar surface area (TPSA) is 42.0 Å². The number of piperazine rings is 1.